The zero-order chi connectivity index (χ0) is 49.4. The number of aliphatic hydroxyl groups excluding tert-OH is 5. The molecule has 6 unspecified atom stereocenters. The van der Waals surface area contributed by atoms with Crippen molar-refractivity contribution in [3.05, 3.63) is 12.2 Å². The van der Waals surface area contributed by atoms with E-state index in [1.807, 2.05) is 0 Å². The topological polar surface area (TPSA) is 311 Å². The van der Waals surface area contributed by atoms with Gasteiger partial charge in [0.05, 0.1) is 37.4 Å². The predicted molar refractivity (Wildman–Crippen MR) is 217 cm³/mol. The summed E-state index contributed by atoms with van der Waals surface area (Å²) in [5.41, 5.74) is -2.89. The fraction of sp³-hybridized carbons (Fsp3) is 0.825. The minimum absolute atomic E-state index is 0.0262. The van der Waals surface area contributed by atoms with Gasteiger partial charge < -0.3 is 85.3 Å². The average Bonchev–Trinajstić information content (AvgIpc) is 3.14. The van der Waals surface area contributed by atoms with Crippen molar-refractivity contribution < 1.29 is 95.8 Å². The molecule has 25 heteroatoms. The third-order valence-electron chi connectivity index (χ3n) is 9.56. The summed E-state index contributed by atoms with van der Waals surface area (Å²) in [5.74, 6) is -3.55. The molecule has 5 amide bonds. The number of hydrogen-bond acceptors (Lipinski definition) is 17. The van der Waals surface area contributed by atoms with Crippen molar-refractivity contribution in [3.63, 3.8) is 0 Å². The van der Waals surface area contributed by atoms with Gasteiger partial charge in [-0.3, -0.25) is 9.59 Å². The van der Waals surface area contributed by atoms with E-state index in [9.17, 15) is 62.7 Å². The molecule has 0 aromatic rings. The molecule has 2 heterocycles. The lowest BCUT2D eigenvalue weighted by Gasteiger charge is -2.49. The summed E-state index contributed by atoms with van der Waals surface area (Å²) >= 11 is 0. The van der Waals surface area contributed by atoms with E-state index in [4.69, 9.17) is 33.2 Å². The Morgan fingerprint density at radius 3 is 1.75 bits per heavy atom. The molecule has 0 radical (unpaired) electrons. The Bertz CT molecular complexity index is 1650. The number of nitrogens with one attached hydrogen (secondary N) is 5. The molecule has 3 rings (SSSR count). The van der Waals surface area contributed by atoms with Crippen molar-refractivity contribution >= 4 is 30.1 Å². The van der Waals surface area contributed by atoms with Crippen molar-refractivity contribution in [3.8, 4) is 0 Å². The van der Waals surface area contributed by atoms with E-state index in [0.29, 0.717) is 6.42 Å². The molecule has 0 bridgehead atoms. The molecular weight excluding hydrogens is 879 g/mol. The first-order chi connectivity index (χ1) is 29.8. The lowest BCUT2D eigenvalue weighted by Crippen LogP contribution is -2.70. The maximum absolute atomic E-state index is 13.4. The van der Waals surface area contributed by atoms with Crippen LogP contribution >= 0.6 is 0 Å². The molecule has 10 N–H and O–H groups in total. The van der Waals surface area contributed by atoms with Crippen LogP contribution in [0, 0.1) is 0 Å². The summed E-state index contributed by atoms with van der Waals surface area (Å²) in [6, 6.07) is -6.25. The van der Waals surface area contributed by atoms with Crippen LogP contribution in [0.4, 0.5) is 27.6 Å². The highest BCUT2D eigenvalue weighted by Gasteiger charge is 2.54. The second-order valence-corrected chi connectivity index (χ2v) is 18.8. The molecule has 2 aliphatic heterocycles. The highest BCUT2D eigenvalue weighted by molar-refractivity contribution is 5.82. The third-order valence-corrected chi connectivity index (χ3v) is 9.56. The number of ether oxygens (including phenoxy) is 7. The number of alkyl halides is 3. The van der Waals surface area contributed by atoms with Gasteiger partial charge in [0, 0.05) is 0 Å². The first kappa shape index (κ1) is 55.2. The van der Waals surface area contributed by atoms with Crippen LogP contribution in [0.1, 0.15) is 88.5 Å². The maximum Gasteiger partial charge on any atom is 0.471 e. The van der Waals surface area contributed by atoms with Crippen molar-refractivity contribution in [1.82, 2.24) is 26.6 Å². The van der Waals surface area contributed by atoms with E-state index in [1.165, 1.54) is 17.5 Å². The molecule has 0 aromatic heterocycles. The number of carbonyl (C=O) groups is 5. The Labute approximate surface area is 374 Å². The minimum Gasteiger partial charge on any atom is -0.444 e. The first-order valence-corrected chi connectivity index (χ1v) is 21.1. The molecule has 65 heavy (non-hydrogen) atoms. The summed E-state index contributed by atoms with van der Waals surface area (Å²) < 4.78 is 80.3. The number of amides is 5. The van der Waals surface area contributed by atoms with Crippen molar-refractivity contribution in [2.75, 3.05) is 13.2 Å². The molecule has 0 spiro atoms. The number of rotatable bonds is 14. The summed E-state index contributed by atoms with van der Waals surface area (Å²) in [5, 5.41) is 66.6. The van der Waals surface area contributed by atoms with Crippen LogP contribution in [-0.2, 0) is 42.7 Å². The standard InChI is InChI=1S/C40H66F3N5O17/c1-11-12-22(50)30(54)45-20-15-21(47-36(58)65-39(8,9)10)29(27(53)28(20)62-32-26(52)24(25(51)23(17-49)60-32)48-33(55)40(41,42)43)61-31-19(46-35(57)64-38(5,6)7)14-13-18(59-31)16-44-34(56)63-37(2,3)4/h13-14,18-29,31-32,49-53H,11-12,15-17H2,1-10H3,(H,44,56)(H,45,54)(H,46,57)(H,47,58)(H,48,55)/t18?,19?,20-,21-,22+,23?,24+,25-,26?,27?,28+,29?,31-,32-/m1/s1. The molecule has 14 atom stereocenters. The first-order valence-electron chi connectivity index (χ1n) is 21.1. The number of hydrogen-bond donors (Lipinski definition) is 10. The summed E-state index contributed by atoms with van der Waals surface area (Å²) in [6.07, 6.45) is -23.7. The number of carbonyl (C=O) groups excluding carboxylic acids is 5. The molecule has 3 aliphatic rings. The SMILES string of the molecule is CCC[C@H](O)C(=O)N[C@@H]1C[C@@H](NC(=O)OC(C)(C)C)C(O[C@H]2OC(CNC(=O)OC(C)(C)C)C=CC2NC(=O)OC(C)(C)C)C(O)[C@H]1O[C@H]1OC(CO)[C@@H](O)[C@H](NC(=O)C(F)(F)F)C1O. The van der Waals surface area contributed by atoms with Crippen LogP contribution < -0.4 is 26.6 Å². The van der Waals surface area contributed by atoms with Gasteiger partial charge in [0.25, 0.3) is 0 Å². The van der Waals surface area contributed by atoms with Gasteiger partial charge in [-0.05, 0) is 75.2 Å². The van der Waals surface area contributed by atoms with E-state index < -0.39 is 152 Å². The Balaban J connectivity index is 2.13. The molecule has 1 saturated carbocycles. The van der Waals surface area contributed by atoms with Gasteiger partial charge >= 0.3 is 30.4 Å². The number of aliphatic hydroxyl groups is 5. The monoisotopic (exact) mass is 945 g/mol. The molecule has 374 valence electrons. The molecular formula is C40H66F3N5O17. The van der Waals surface area contributed by atoms with Gasteiger partial charge in [-0.1, -0.05) is 25.5 Å². The van der Waals surface area contributed by atoms with Crippen LogP contribution in [-0.4, -0.2) is 177 Å². The van der Waals surface area contributed by atoms with Crippen molar-refractivity contribution in [2.45, 2.75) is 197 Å². The highest BCUT2D eigenvalue weighted by atomic mass is 19.4. The van der Waals surface area contributed by atoms with Gasteiger partial charge in [0.1, 0.15) is 65.6 Å². The summed E-state index contributed by atoms with van der Waals surface area (Å²) in [6.45, 7) is 14.9. The van der Waals surface area contributed by atoms with Gasteiger partial charge in [-0.15, -0.1) is 0 Å². The van der Waals surface area contributed by atoms with Gasteiger partial charge in [0.15, 0.2) is 12.6 Å². The van der Waals surface area contributed by atoms with Gasteiger partial charge in [0.2, 0.25) is 5.91 Å². The summed E-state index contributed by atoms with van der Waals surface area (Å²) in [7, 11) is 0. The molecule has 2 fully saturated rings. The van der Waals surface area contributed by atoms with Crippen LogP contribution in [0.5, 0.6) is 0 Å². The molecule has 0 aromatic carbocycles. The second kappa shape index (κ2) is 22.6. The zero-order valence-corrected chi connectivity index (χ0v) is 38.0. The Kier molecular flexibility index (Phi) is 19.2. The van der Waals surface area contributed by atoms with Crippen molar-refractivity contribution in [2.24, 2.45) is 0 Å². The zero-order valence-electron chi connectivity index (χ0n) is 38.0. The minimum atomic E-state index is -5.48. The molecule has 1 saturated heterocycles. The molecule has 1 aliphatic carbocycles. The Hall–Kier alpha value is -4.08. The van der Waals surface area contributed by atoms with Crippen LogP contribution in [0.15, 0.2) is 12.2 Å². The summed E-state index contributed by atoms with van der Waals surface area (Å²) in [4.78, 5) is 64.2. The smallest absolute Gasteiger partial charge is 0.444 e. The van der Waals surface area contributed by atoms with E-state index in [1.54, 1.807) is 69.2 Å². The number of alkyl carbamates (subject to hydrolysis) is 3. The van der Waals surface area contributed by atoms with E-state index in [-0.39, 0.29) is 13.0 Å². The van der Waals surface area contributed by atoms with Crippen molar-refractivity contribution in [1.29, 1.82) is 0 Å². The quantitative estimate of drug-likeness (QED) is 0.0824. The van der Waals surface area contributed by atoms with E-state index in [0.717, 1.165) is 0 Å². The normalized spacial score (nSPS) is 31.4. The fourth-order valence-electron chi connectivity index (χ4n) is 6.82. The second-order valence-electron chi connectivity index (χ2n) is 18.8. The maximum atomic E-state index is 13.4. The van der Waals surface area contributed by atoms with E-state index >= 15 is 0 Å². The highest BCUT2D eigenvalue weighted by Crippen LogP contribution is 2.33. The van der Waals surface area contributed by atoms with Crippen LogP contribution in [0.3, 0.4) is 0 Å². The largest absolute Gasteiger partial charge is 0.471 e. The van der Waals surface area contributed by atoms with Crippen LogP contribution in [0.2, 0.25) is 0 Å². The van der Waals surface area contributed by atoms with Gasteiger partial charge in [-0.25, -0.2) is 14.4 Å². The average molecular weight is 946 g/mol. The van der Waals surface area contributed by atoms with Crippen LogP contribution in [0.25, 0.3) is 0 Å². The van der Waals surface area contributed by atoms with Gasteiger partial charge in [-0.2, -0.15) is 13.2 Å². The lowest BCUT2D eigenvalue weighted by atomic mass is 9.83. The lowest BCUT2D eigenvalue weighted by molar-refractivity contribution is -0.315. The Morgan fingerprint density at radius 1 is 0.708 bits per heavy atom. The van der Waals surface area contributed by atoms with E-state index in [2.05, 4.69) is 21.3 Å². The Morgan fingerprint density at radius 2 is 1.23 bits per heavy atom. The predicted octanol–water partition coefficient (Wildman–Crippen LogP) is 0.246. The fourth-order valence-corrected chi connectivity index (χ4v) is 6.82. The molecule has 22 nitrogen and oxygen atoms in total. The third kappa shape index (κ3) is 17.3. The number of halogens is 3.